The van der Waals surface area contributed by atoms with Crippen molar-refractivity contribution in [1.29, 1.82) is 0 Å². The maximum atomic E-state index is 13.8. The van der Waals surface area contributed by atoms with Gasteiger partial charge in [0.1, 0.15) is 30.5 Å². The van der Waals surface area contributed by atoms with Gasteiger partial charge in [0.25, 0.3) is 5.56 Å². The summed E-state index contributed by atoms with van der Waals surface area (Å²) in [6, 6.07) is 23.7. The summed E-state index contributed by atoms with van der Waals surface area (Å²) >= 11 is 1.28. The third kappa shape index (κ3) is 6.25. The van der Waals surface area contributed by atoms with E-state index in [2.05, 4.69) is 4.99 Å². The van der Waals surface area contributed by atoms with E-state index >= 15 is 0 Å². The van der Waals surface area contributed by atoms with Crippen LogP contribution in [0.1, 0.15) is 31.0 Å². The molecule has 0 saturated carbocycles. The Morgan fingerprint density at radius 1 is 0.927 bits per heavy atom. The van der Waals surface area contributed by atoms with Crippen LogP contribution in [-0.4, -0.2) is 37.5 Å². The van der Waals surface area contributed by atoms with Gasteiger partial charge < -0.3 is 18.9 Å². The lowest BCUT2D eigenvalue weighted by Gasteiger charge is -2.24. The molecule has 8 nitrogen and oxygen atoms in total. The minimum Gasteiger partial charge on any atom is -0.497 e. The molecule has 0 N–H and O–H groups in total. The molecule has 0 saturated heterocycles. The Morgan fingerprint density at radius 2 is 1.56 bits per heavy atom. The molecule has 1 aliphatic rings. The second-order valence-electron chi connectivity index (χ2n) is 9.15. The SMILES string of the molecule is CCOC(=O)C1=C(C)N=c2s/c(=C\c3ccc(OCCOc4ccccc4)cc3)c(=O)n2[C@@H]1c1ccc(OC)cc1. The van der Waals surface area contributed by atoms with Crippen molar-refractivity contribution in [2.45, 2.75) is 19.9 Å². The van der Waals surface area contributed by atoms with Gasteiger partial charge in [-0.15, -0.1) is 0 Å². The van der Waals surface area contributed by atoms with Crippen LogP contribution in [0.15, 0.2) is 99.9 Å². The highest BCUT2D eigenvalue weighted by atomic mass is 32.1. The molecular formula is C32H30N2O6S. The molecule has 1 atom stereocenters. The lowest BCUT2D eigenvalue weighted by atomic mass is 9.96. The standard InChI is InChI=1S/C32H30N2O6S/c1-4-38-31(36)28-21(2)33-32-34(29(28)23-12-16-24(37-3)17-13-23)30(35)27(41-32)20-22-10-14-26(15-11-22)40-19-18-39-25-8-6-5-7-9-25/h5-17,20,29H,4,18-19H2,1-3H3/b27-20-/t29-/m1/s1. The number of thiazole rings is 1. The first kappa shape index (κ1) is 27.9. The number of hydrogen-bond acceptors (Lipinski definition) is 8. The van der Waals surface area contributed by atoms with E-state index in [1.165, 1.54) is 11.3 Å². The number of ether oxygens (including phenoxy) is 4. The molecule has 1 aliphatic heterocycles. The second-order valence-corrected chi connectivity index (χ2v) is 10.2. The van der Waals surface area contributed by atoms with Gasteiger partial charge in [0.2, 0.25) is 0 Å². The fourth-order valence-electron chi connectivity index (χ4n) is 4.54. The summed E-state index contributed by atoms with van der Waals surface area (Å²) in [6.45, 7) is 4.56. The fraction of sp³-hybridized carbons (Fsp3) is 0.219. The largest absolute Gasteiger partial charge is 0.497 e. The maximum absolute atomic E-state index is 13.8. The van der Waals surface area contributed by atoms with Gasteiger partial charge in [0.15, 0.2) is 4.80 Å². The van der Waals surface area contributed by atoms with Crippen LogP contribution < -0.4 is 29.1 Å². The number of methoxy groups -OCH3 is 1. The Hall–Kier alpha value is -4.63. The van der Waals surface area contributed by atoms with E-state index in [0.29, 0.717) is 45.3 Å². The summed E-state index contributed by atoms with van der Waals surface area (Å²) in [5.74, 6) is 1.69. The van der Waals surface area contributed by atoms with E-state index in [1.807, 2.05) is 72.8 Å². The molecular weight excluding hydrogens is 540 g/mol. The van der Waals surface area contributed by atoms with Gasteiger partial charge in [-0.25, -0.2) is 9.79 Å². The van der Waals surface area contributed by atoms with Crippen molar-refractivity contribution in [3.8, 4) is 17.2 Å². The summed E-state index contributed by atoms with van der Waals surface area (Å²) < 4.78 is 24.2. The van der Waals surface area contributed by atoms with Crippen LogP contribution in [0.2, 0.25) is 0 Å². The zero-order chi connectivity index (χ0) is 28.8. The lowest BCUT2D eigenvalue weighted by molar-refractivity contribution is -0.139. The van der Waals surface area contributed by atoms with Gasteiger partial charge >= 0.3 is 5.97 Å². The van der Waals surface area contributed by atoms with Crippen LogP contribution in [0.25, 0.3) is 6.08 Å². The molecule has 0 aliphatic carbocycles. The van der Waals surface area contributed by atoms with Gasteiger partial charge in [-0.05, 0) is 67.4 Å². The molecule has 0 unspecified atom stereocenters. The van der Waals surface area contributed by atoms with Crippen LogP contribution >= 0.6 is 11.3 Å². The first-order valence-electron chi connectivity index (χ1n) is 13.2. The van der Waals surface area contributed by atoms with E-state index < -0.39 is 12.0 Å². The topological polar surface area (TPSA) is 88.4 Å². The molecule has 4 aromatic rings. The van der Waals surface area contributed by atoms with E-state index in [-0.39, 0.29) is 12.2 Å². The Kier molecular flexibility index (Phi) is 8.64. The molecule has 0 amide bonds. The van der Waals surface area contributed by atoms with E-state index in [0.717, 1.165) is 16.9 Å². The lowest BCUT2D eigenvalue weighted by Crippen LogP contribution is -2.39. The van der Waals surface area contributed by atoms with Crippen LogP contribution in [0.3, 0.4) is 0 Å². The summed E-state index contributed by atoms with van der Waals surface area (Å²) in [5.41, 5.74) is 2.23. The summed E-state index contributed by atoms with van der Waals surface area (Å²) in [6.07, 6.45) is 1.82. The van der Waals surface area contributed by atoms with Crippen LogP contribution in [-0.2, 0) is 9.53 Å². The Labute approximate surface area is 241 Å². The molecule has 0 radical (unpaired) electrons. The van der Waals surface area contributed by atoms with Gasteiger partial charge in [-0.2, -0.15) is 0 Å². The Balaban J connectivity index is 1.41. The van der Waals surface area contributed by atoms with Crippen molar-refractivity contribution in [2.24, 2.45) is 4.99 Å². The third-order valence-electron chi connectivity index (χ3n) is 6.49. The minimum atomic E-state index is -0.674. The fourth-order valence-corrected chi connectivity index (χ4v) is 5.59. The number of esters is 1. The number of aromatic nitrogens is 1. The quantitative estimate of drug-likeness (QED) is 0.209. The predicted octanol–water partition coefficient (Wildman–Crippen LogP) is 4.26. The van der Waals surface area contributed by atoms with Crippen molar-refractivity contribution in [3.63, 3.8) is 0 Å². The molecule has 0 fully saturated rings. The van der Waals surface area contributed by atoms with Crippen LogP contribution in [0.4, 0.5) is 0 Å². The molecule has 9 heteroatoms. The van der Waals surface area contributed by atoms with Crippen LogP contribution in [0.5, 0.6) is 17.2 Å². The number of carbonyl (C=O) groups excluding carboxylic acids is 1. The first-order chi connectivity index (χ1) is 20.0. The number of nitrogens with zero attached hydrogens (tertiary/aromatic N) is 2. The highest BCUT2D eigenvalue weighted by molar-refractivity contribution is 7.07. The van der Waals surface area contributed by atoms with Crippen molar-refractivity contribution in [3.05, 3.63) is 121 Å². The van der Waals surface area contributed by atoms with Gasteiger partial charge in [0, 0.05) is 0 Å². The average Bonchev–Trinajstić information content (AvgIpc) is 3.30. The molecule has 5 rings (SSSR count). The average molecular weight is 571 g/mol. The number of fused-ring (bicyclic) bond motifs is 1. The number of benzene rings is 3. The van der Waals surface area contributed by atoms with E-state index in [9.17, 15) is 9.59 Å². The number of allylic oxidation sites excluding steroid dienone is 1. The molecule has 0 bridgehead atoms. The van der Waals surface area contributed by atoms with Gasteiger partial charge in [0.05, 0.1) is 35.6 Å². The van der Waals surface area contributed by atoms with E-state index in [4.69, 9.17) is 18.9 Å². The van der Waals surface area contributed by atoms with Gasteiger partial charge in [-0.3, -0.25) is 9.36 Å². The Morgan fingerprint density at radius 3 is 2.20 bits per heavy atom. The molecule has 1 aromatic heterocycles. The van der Waals surface area contributed by atoms with Crippen molar-refractivity contribution in [2.75, 3.05) is 26.9 Å². The van der Waals surface area contributed by atoms with Crippen molar-refractivity contribution >= 4 is 23.4 Å². The smallest absolute Gasteiger partial charge is 0.338 e. The third-order valence-corrected chi connectivity index (χ3v) is 7.47. The number of rotatable bonds is 10. The molecule has 3 aromatic carbocycles. The molecule has 41 heavy (non-hydrogen) atoms. The highest BCUT2D eigenvalue weighted by Gasteiger charge is 2.33. The zero-order valence-electron chi connectivity index (χ0n) is 23.0. The van der Waals surface area contributed by atoms with E-state index in [1.54, 1.807) is 37.7 Å². The highest BCUT2D eigenvalue weighted by Crippen LogP contribution is 2.31. The predicted molar refractivity (Wildman–Crippen MR) is 157 cm³/mol. The monoisotopic (exact) mass is 570 g/mol. The number of carbonyl (C=O) groups is 1. The van der Waals surface area contributed by atoms with Crippen LogP contribution in [0, 0.1) is 0 Å². The second kappa shape index (κ2) is 12.7. The maximum Gasteiger partial charge on any atom is 0.338 e. The van der Waals surface area contributed by atoms with Crippen molar-refractivity contribution < 1.29 is 23.7 Å². The Bertz CT molecular complexity index is 1720. The minimum absolute atomic E-state index is 0.217. The zero-order valence-corrected chi connectivity index (χ0v) is 23.9. The number of para-hydroxylation sites is 1. The molecule has 2 heterocycles. The normalized spacial score (nSPS) is 14.7. The van der Waals surface area contributed by atoms with Gasteiger partial charge in [-0.1, -0.05) is 53.8 Å². The summed E-state index contributed by atoms with van der Waals surface area (Å²) in [4.78, 5) is 31.9. The molecule has 210 valence electrons. The van der Waals surface area contributed by atoms with Crippen molar-refractivity contribution in [1.82, 2.24) is 4.57 Å². The first-order valence-corrected chi connectivity index (χ1v) is 14.0. The number of hydrogen-bond donors (Lipinski definition) is 0. The summed E-state index contributed by atoms with van der Waals surface area (Å²) in [5, 5.41) is 0. The summed E-state index contributed by atoms with van der Waals surface area (Å²) in [7, 11) is 1.59. The molecule has 0 spiro atoms.